The third-order valence-electron chi connectivity index (χ3n) is 6.21. The van der Waals surface area contributed by atoms with Gasteiger partial charge in [0.05, 0.1) is 0 Å². The van der Waals surface area contributed by atoms with Crippen LogP contribution in [0.4, 0.5) is 0 Å². The average Bonchev–Trinajstić information content (AvgIpc) is 2.41. The van der Waals surface area contributed by atoms with Crippen molar-refractivity contribution in [2.45, 2.75) is 60.8 Å². The molecule has 130 valence electrons. The standard InChI is InChI=1S/C20H40N2/c1-16(2)13-22-12-9-19(20(5,6)15-22)14-21-10-7-18(8-11-21)17(3)4/h16-19H,7-15H2,1-6H3/t19-/m0/s1. The van der Waals surface area contributed by atoms with Crippen LogP contribution in [0.15, 0.2) is 0 Å². The van der Waals surface area contributed by atoms with Gasteiger partial charge in [0.1, 0.15) is 0 Å². The summed E-state index contributed by atoms with van der Waals surface area (Å²) < 4.78 is 0. The molecule has 2 aliphatic rings. The van der Waals surface area contributed by atoms with E-state index in [1.165, 1.54) is 58.5 Å². The SMILES string of the molecule is CC(C)CN1CC[C@@H](CN2CCC(C(C)C)CC2)C(C)(C)C1. The van der Waals surface area contributed by atoms with E-state index in [0.717, 1.165) is 23.7 Å². The third kappa shape index (κ3) is 4.96. The van der Waals surface area contributed by atoms with Crippen LogP contribution in [-0.4, -0.2) is 49.1 Å². The van der Waals surface area contributed by atoms with E-state index in [-0.39, 0.29) is 0 Å². The number of likely N-dealkylation sites (tertiary alicyclic amines) is 2. The Morgan fingerprint density at radius 3 is 2.00 bits per heavy atom. The molecule has 0 unspecified atom stereocenters. The van der Waals surface area contributed by atoms with Crippen LogP contribution >= 0.6 is 0 Å². The highest BCUT2D eigenvalue weighted by Gasteiger charge is 2.37. The molecule has 2 rings (SSSR count). The Balaban J connectivity index is 1.81. The molecule has 0 spiro atoms. The zero-order valence-electron chi connectivity index (χ0n) is 16.1. The van der Waals surface area contributed by atoms with E-state index >= 15 is 0 Å². The van der Waals surface area contributed by atoms with E-state index in [0.29, 0.717) is 5.41 Å². The molecule has 0 aromatic heterocycles. The normalized spacial score (nSPS) is 28.6. The average molecular weight is 309 g/mol. The van der Waals surface area contributed by atoms with Crippen LogP contribution < -0.4 is 0 Å². The van der Waals surface area contributed by atoms with Crippen molar-refractivity contribution in [3.63, 3.8) is 0 Å². The number of rotatable bonds is 5. The van der Waals surface area contributed by atoms with Crippen molar-refractivity contribution in [2.75, 3.05) is 39.3 Å². The fraction of sp³-hybridized carbons (Fsp3) is 1.00. The molecule has 0 bridgehead atoms. The molecular formula is C20H40N2. The Bertz CT molecular complexity index is 327. The summed E-state index contributed by atoms with van der Waals surface area (Å²) in [4.78, 5) is 5.47. The molecule has 2 saturated heterocycles. The molecule has 2 nitrogen and oxygen atoms in total. The smallest absolute Gasteiger partial charge is 0.00359 e. The summed E-state index contributed by atoms with van der Waals surface area (Å²) >= 11 is 0. The van der Waals surface area contributed by atoms with Crippen LogP contribution in [0.5, 0.6) is 0 Å². The molecule has 1 atom stereocenters. The van der Waals surface area contributed by atoms with Crippen LogP contribution in [0.2, 0.25) is 0 Å². The van der Waals surface area contributed by atoms with Crippen molar-refractivity contribution in [1.82, 2.24) is 9.80 Å². The quantitative estimate of drug-likeness (QED) is 0.744. The summed E-state index contributed by atoms with van der Waals surface area (Å²) in [5.41, 5.74) is 0.474. The molecule has 2 fully saturated rings. The van der Waals surface area contributed by atoms with Gasteiger partial charge in [-0.1, -0.05) is 41.5 Å². The predicted molar refractivity (Wildman–Crippen MR) is 97.2 cm³/mol. The zero-order valence-corrected chi connectivity index (χ0v) is 16.1. The Labute approximate surface area is 139 Å². The second kappa shape index (κ2) is 7.66. The highest BCUT2D eigenvalue weighted by molar-refractivity contribution is 4.90. The first-order valence-electron chi connectivity index (χ1n) is 9.72. The summed E-state index contributed by atoms with van der Waals surface area (Å²) in [5.74, 6) is 3.52. The summed E-state index contributed by atoms with van der Waals surface area (Å²) in [5, 5.41) is 0. The molecular weight excluding hydrogens is 268 g/mol. The summed E-state index contributed by atoms with van der Waals surface area (Å²) in [6.07, 6.45) is 4.23. The molecule has 0 radical (unpaired) electrons. The minimum absolute atomic E-state index is 0.474. The Morgan fingerprint density at radius 1 is 0.909 bits per heavy atom. The molecule has 2 heteroatoms. The first-order valence-corrected chi connectivity index (χ1v) is 9.72. The molecule has 0 amide bonds. The van der Waals surface area contributed by atoms with Crippen LogP contribution in [-0.2, 0) is 0 Å². The fourth-order valence-electron chi connectivity index (χ4n) is 4.64. The van der Waals surface area contributed by atoms with Gasteiger partial charge >= 0.3 is 0 Å². The van der Waals surface area contributed by atoms with E-state index in [2.05, 4.69) is 51.3 Å². The van der Waals surface area contributed by atoms with Crippen molar-refractivity contribution in [2.24, 2.45) is 29.1 Å². The summed E-state index contributed by atoms with van der Waals surface area (Å²) in [6.45, 7) is 22.4. The van der Waals surface area contributed by atoms with Crippen LogP contribution in [0.3, 0.4) is 0 Å². The Morgan fingerprint density at radius 2 is 1.50 bits per heavy atom. The largest absolute Gasteiger partial charge is 0.303 e. The van der Waals surface area contributed by atoms with Crippen molar-refractivity contribution in [3.8, 4) is 0 Å². The highest BCUT2D eigenvalue weighted by Crippen LogP contribution is 2.36. The van der Waals surface area contributed by atoms with Gasteiger partial charge in [0.15, 0.2) is 0 Å². The number of hydrogen-bond acceptors (Lipinski definition) is 2. The Hall–Kier alpha value is -0.0800. The first-order chi connectivity index (χ1) is 10.3. The Kier molecular flexibility index (Phi) is 6.36. The van der Waals surface area contributed by atoms with Crippen molar-refractivity contribution in [3.05, 3.63) is 0 Å². The molecule has 0 aromatic carbocycles. The van der Waals surface area contributed by atoms with Gasteiger partial charge in [-0.2, -0.15) is 0 Å². The molecule has 0 N–H and O–H groups in total. The van der Waals surface area contributed by atoms with Crippen molar-refractivity contribution in [1.29, 1.82) is 0 Å². The monoisotopic (exact) mass is 308 g/mol. The van der Waals surface area contributed by atoms with E-state index in [1.807, 2.05) is 0 Å². The minimum Gasteiger partial charge on any atom is -0.303 e. The molecule has 2 aliphatic heterocycles. The van der Waals surface area contributed by atoms with Gasteiger partial charge in [0, 0.05) is 19.6 Å². The van der Waals surface area contributed by atoms with E-state index in [9.17, 15) is 0 Å². The maximum Gasteiger partial charge on any atom is 0.00359 e. The van der Waals surface area contributed by atoms with Crippen molar-refractivity contribution >= 4 is 0 Å². The molecule has 0 saturated carbocycles. The fourth-order valence-corrected chi connectivity index (χ4v) is 4.64. The van der Waals surface area contributed by atoms with Gasteiger partial charge in [-0.25, -0.2) is 0 Å². The topological polar surface area (TPSA) is 6.48 Å². The molecule has 0 aliphatic carbocycles. The first kappa shape index (κ1) is 18.3. The van der Waals surface area contributed by atoms with Crippen LogP contribution in [0.25, 0.3) is 0 Å². The summed E-state index contributed by atoms with van der Waals surface area (Å²) in [7, 11) is 0. The van der Waals surface area contributed by atoms with Gasteiger partial charge in [-0.15, -0.1) is 0 Å². The predicted octanol–water partition coefficient (Wildman–Crippen LogP) is 4.36. The third-order valence-corrected chi connectivity index (χ3v) is 6.21. The number of nitrogens with zero attached hydrogens (tertiary/aromatic N) is 2. The highest BCUT2D eigenvalue weighted by atomic mass is 15.2. The molecule has 0 aromatic rings. The zero-order chi connectivity index (χ0) is 16.3. The van der Waals surface area contributed by atoms with Gasteiger partial charge in [0.2, 0.25) is 0 Å². The van der Waals surface area contributed by atoms with E-state index in [1.54, 1.807) is 0 Å². The van der Waals surface area contributed by atoms with Gasteiger partial charge < -0.3 is 9.80 Å². The maximum absolute atomic E-state index is 2.77. The van der Waals surface area contributed by atoms with Gasteiger partial charge in [0.25, 0.3) is 0 Å². The van der Waals surface area contributed by atoms with Crippen LogP contribution in [0.1, 0.15) is 60.8 Å². The maximum atomic E-state index is 2.77. The summed E-state index contributed by atoms with van der Waals surface area (Å²) in [6, 6.07) is 0. The van der Waals surface area contributed by atoms with E-state index in [4.69, 9.17) is 0 Å². The van der Waals surface area contributed by atoms with Gasteiger partial charge in [-0.05, 0) is 68.0 Å². The van der Waals surface area contributed by atoms with Gasteiger partial charge in [-0.3, -0.25) is 0 Å². The van der Waals surface area contributed by atoms with E-state index < -0.39 is 0 Å². The second-order valence-corrected chi connectivity index (χ2v) is 9.49. The lowest BCUT2D eigenvalue weighted by Gasteiger charge is -2.47. The number of hydrogen-bond donors (Lipinski definition) is 0. The lowest BCUT2D eigenvalue weighted by Crippen LogP contribution is -2.51. The lowest BCUT2D eigenvalue weighted by molar-refractivity contribution is 0.0187. The minimum atomic E-state index is 0.474. The molecule has 22 heavy (non-hydrogen) atoms. The lowest BCUT2D eigenvalue weighted by atomic mass is 9.73. The van der Waals surface area contributed by atoms with Crippen LogP contribution in [0, 0.1) is 29.1 Å². The molecule has 2 heterocycles. The second-order valence-electron chi connectivity index (χ2n) is 9.49. The number of piperidine rings is 2. The van der Waals surface area contributed by atoms with Crippen molar-refractivity contribution < 1.29 is 0 Å².